The Morgan fingerprint density at radius 3 is 1.71 bits per heavy atom. The predicted molar refractivity (Wildman–Crippen MR) is 188 cm³/mol. The molecule has 45 heavy (non-hydrogen) atoms. The molecule has 0 spiro atoms. The lowest BCUT2D eigenvalue weighted by atomic mass is 9.67. The van der Waals surface area contributed by atoms with Crippen LogP contribution >= 0.6 is 0 Å². The molecule has 0 aliphatic heterocycles. The highest BCUT2D eigenvalue weighted by atomic mass is 15.0. The van der Waals surface area contributed by atoms with Gasteiger partial charge in [0.05, 0.1) is 16.4 Å². The second-order valence-corrected chi connectivity index (χ2v) is 11.8. The van der Waals surface area contributed by atoms with E-state index in [1.807, 2.05) is 0 Å². The van der Waals surface area contributed by atoms with Gasteiger partial charge in [-0.2, -0.15) is 0 Å². The van der Waals surface area contributed by atoms with E-state index in [2.05, 4.69) is 186 Å². The summed E-state index contributed by atoms with van der Waals surface area (Å²) < 4.78 is 2.37. The van der Waals surface area contributed by atoms with Gasteiger partial charge in [0.2, 0.25) is 0 Å². The standard InChI is InChI=1S/C43H30N2/c1-4-14-30(15-5-1)43(31-16-6-2-7-17-31)39-22-12-10-20-35(39)36-26-24-32(28-40(36)43)44-33-25-27-38-37-21-11-13-23-41(37)45(42(38)29-33)34-18-8-3-9-19-34/h1-29,44H. The molecule has 1 aliphatic carbocycles. The normalized spacial score (nSPS) is 13.1. The SMILES string of the molecule is c1ccc(-n2c3ccccc3c3ccc(Nc4ccc5c(c4)C(c4ccccc4)(c4ccccc4)c4ccccc4-5)cc32)cc1. The molecule has 7 aromatic carbocycles. The van der Waals surface area contributed by atoms with Crippen LogP contribution in [0.1, 0.15) is 22.3 Å². The molecular formula is C43H30N2. The summed E-state index contributed by atoms with van der Waals surface area (Å²) in [4.78, 5) is 0. The fourth-order valence-electron chi connectivity index (χ4n) is 7.59. The Bertz CT molecular complexity index is 2290. The van der Waals surface area contributed by atoms with Gasteiger partial charge >= 0.3 is 0 Å². The first-order valence-electron chi connectivity index (χ1n) is 15.5. The van der Waals surface area contributed by atoms with E-state index in [0.29, 0.717) is 0 Å². The summed E-state index contributed by atoms with van der Waals surface area (Å²) in [6.07, 6.45) is 0. The van der Waals surface area contributed by atoms with E-state index >= 15 is 0 Å². The summed E-state index contributed by atoms with van der Waals surface area (Å²) in [5.41, 5.74) is 13.0. The van der Waals surface area contributed by atoms with E-state index in [-0.39, 0.29) is 0 Å². The van der Waals surface area contributed by atoms with E-state index in [9.17, 15) is 0 Å². The third kappa shape index (κ3) is 3.82. The number of nitrogens with one attached hydrogen (secondary N) is 1. The Labute approximate surface area is 262 Å². The first kappa shape index (κ1) is 25.6. The Morgan fingerprint density at radius 1 is 0.400 bits per heavy atom. The van der Waals surface area contributed by atoms with Gasteiger partial charge < -0.3 is 9.88 Å². The number of para-hydroxylation sites is 2. The minimum absolute atomic E-state index is 0.421. The minimum atomic E-state index is -0.421. The first-order chi connectivity index (χ1) is 22.3. The Balaban J connectivity index is 1.23. The summed E-state index contributed by atoms with van der Waals surface area (Å²) in [6, 6.07) is 63.7. The molecule has 0 unspecified atom stereocenters. The zero-order valence-electron chi connectivity index (χ0n) is 24.7. The average Bonchev–Trinajstić information content (AvgIpc) is 3.59. The number of anilines is 2. The van der Waals surface area contributed by atoms with Crippen molar-refractivity contribution in [2.24, 2.45) is 0 Å². The van der Waals surface area contributed by atoms with E-state index < -0.39 is 5.41 Å². The maximum absolute atomic E-state index is 3.80. The van der Waals surface area contributed by atoms with E-state index in [1.54, 1.807) is 0 Å². The molecule has 0 fully saturated rings. The zero-order valence-corrected chi connectivity index (χ0v) is 24.7. The lowest BCUT2D eigenvalue weighted by Gasteiger charge is -2.34. The van der Waals surface area contributed by atoms with Crippen LogP contribution in [0.2, 0.25) is 0 Å². The van der Waals surface area contributed by atoms with E-state index in [0.717, 1.165) is 17.1 Å². The maximum Gasteiger partial charge on any atom is 0.0714 e. The predicted octanol–water partition coefficient (Wildman–Crippen LogP) is 10.9. The largest absolute Gasteiger partial charge is 0.355 e. The van der Waals surface area contributed by atoms with Gasteiger partial charge in [0.1, 0.15) is 0 Å². The van der Waals surface area contributed by atoms with Crippen LogP contribution < -0.4 is 5.32 Å². The molecule has 0 saturated carbocycles. The number of hydrogen-bond donors (Lipinski definition) is 1. The van der Waals surface area contributed by atoms with E-state index in [1.165, 1.54) is 55.2 Å². The molecule has 0 atom stereocenters. The summed E-state index contributed by atoms with van der Waals surface area (Å²) >= 11 is 0. The fraction of sp³-hybridized carbons (Fsp3) is 0.0233. The van der Waals surface area contributed by atoms with Crippen molar-refractivity contribution in [2.45, 2.75) is 5.41 Å². The molecule has 0 amide bonds. The van der Waals surface area contributed by atoms with Crippen LogP contribution in [-0.4, -0.2) is 4.57 Å². The minimum Gasteiger partial charge on any atom is -0.355 e. The molecule has 2 nitrogen and oxygen atoms in total. The molecule has 1 heterocycles. The molecule has 1 N–H and O–H groups in total. The van der Waals surface area contributed by atoms with Gasteiger partial charge in [0, 0.05) is 27.8 Å². The fourth-order valence-corrected chi connectivity index (χ4v) is 7.59. The van der Waals surface area contributed by atoms with Gasteiger partial charge in [0.25, 0.3) is 0 Å². The summed E-state index contributed by atoms with van der Waals surface area (Å²) in [5.74, 6) is 0. The summed E-state index contributed by atoms with van der Waals surface area (Å²) in [5, 5.41) is 6.31. The molecule has 1 aromatic heterocycles. The molecule has 2 heteroatoms. The number of nitrogens with zero attached hydrogens (tertiary/aromatic N) is 1. The van der Waals surface area contributed by atoms with Crippen molar-refractivity contribution in [2.75, 3.05) is 5.32 Å². The van der Waals surface area contributed by atoms with Gasteiger partial charge in [0.15, 0.2) is 0 Å². The zero-order chi connectivity index (χ0) is 29.8. The quantitative estimate of drug-likeness (QED) is 0.216. The Hall–Kier alpha value is -5.86. The third-order valence-electron chi connectivity index (χ3n) is 9.44. The molecule has 9 rings (SSSR count). The monoisotopic (exact) mass is 574 g/mol. The van der Waals surface area contributed by atoms with Crippen LogP contribution in [0.3, 0.4) is 0 Å². The molecule has 0 radical (unpaired) electrons. The Morgan fingerprint density at radius 2 is 0.956 bits per heavy atom. The van der Waals surface area contributed by atoms with Gasteiger partial charge in [-0.25, -0.2) is 0 Å². The van der Waals surface area contributed by atoms with Crippen molar-refractivity contribution in [3.8, 4) is 16.8 Å². The highest BCUT2D eigenvalue weighted by Gasteiger charge is 2.46. The van der Waals surface area contributed by atoms with Crippen molar-refractivity contribution in [1.29, 1.82) is 0 Å². The van der Waals surface area contributed by atoms with E-state index in [4.69, 9.17) is 0 Å². The van der Waals surface area contributed by atoms with Crippen LogP contribution in [0, 0.1) is 0 Å². The van der Waals surface area contributed by atoms with Crippen molar-refractivity contribution >= 4 is 33.2 Å². The van der Waals surface area contributed by atoms with Crippen LogP contribution in [0.4, 0.5) is 11.4 Å². The smallest absolute Gasteiger partial charge is 0.0714 e. The first-order valence-corrected chi connectivity index (χ1v) is 15.5. The second-order valence-electron chi connectivity index (χ2n) is 11.8. The van der Waals surface area contributed by atoms with Crippen molar-refractivity contribution in [3.05, 3.63) is 198 Å². The summed E-state index contributed by atoms with van der Waals surface area (Å²) in [6.45, 7) is 0. The second kappa shape index (κ2) is 10.1. The van der Waals surface area contributed by atoms with Gasteiger partial charge in [-0.1, -0.05) is 133 Å². The van der Waals surface area contributed by atoms with Crippen molar-refractivity contribution in [3.63, 3.8) is 0 Å². The molecule has 1 aliphatic rings. The van der Waals surface area contributed by atoms with Crippen LogP contribution in [-0.2, 0) is 5.41 Å². The van der Waals surface area contributed by atoms with Gasteiger partial charge in [-0.3, -0.25) is 0 Å². The Kier molecular flexibility index (Phi) is 5.76. The topological polar surface area (TPSA) is 17.0 Å². The highest BCUT2D eigenvalue weighted by Crippen LogP contribution is 2.56. The number of fused-ring (bicyclic) bond motifs is 6. The maximum atomic E-state index is 3.80. The van der Waals surface area contributed by atoms with Crippen LogP contribution in [0.25, 0.3) is 38.6 Å². The number of hydrogen-bond acceptors (Lipinski definition) is 1. The molecule has 8 aromatic rings. The highest BCUT2D eigenvalue weighted by molar-refractivity contribution is 6.10. The molecule has 212 valence electrons. The molecule has 0 saturated heterocycles. The third-order valence-corrected chi connectivity index (χ3v) is 9.44. The van der Waals surface area contributed by atoms with Crippen LogP contribution in [0.15, 0.2) is 176 Å². The van der Waals surface area contributed by atoms with Crippen molar-refractivity contribution in [1.82, 2.24) is 4.57 Å². The lowest BCUT2D eigenvalue weighted by molar-refractivity contribution is 0.769. The number of benzene rings is 7. The summed E-state index contributed by atoms with van der Waals surface area (Å²) in [7, 11) is 0. The number of aromatic nitrogens is 1. The van der Waals surface area contributed by atoms with Gasteiger partial charge in [-0.15, -0.1) is 0 Å². The molecule has 0 bridgehead atoms. The van der Waals surface area contributed by atoms with Gasteiger partial charge in [-0.05, 0) is 75.8 Å². The van der Waals surface area contributed by atoms with Crippen molar-refractivity contribution < 1.29 is 0 Å². The lowest BCUT2D eigenvalue weighted by Crippen LogP contribution is -2.28. The van der Waals surface area contributed by atoms with Crippen LogP contribution in [0.5, 0.6) is 0 Å². The average molecular weight is 575 g/mol. The number of rotatable bonds is 5. The molecular weight excluding hydrogens is 544 g/mol.